The molecule has 0 fully saturated rings. The molecule has 15 nitrogen and oxygen atoms in total. The molecule has 6 heterocycles. The second-order valence-electron chi connectivity index (χ2n) is 8.71. The smallest absolute Gasteiger partial charge is 0.325 e. The zero-order valence-electron chi connectivity index (χ0n) is 20.5. The number of hydrogen-bond donors (Lipinski definition) is 4. The molecular formula is C25H20N6O9. The van der Waals surface area contributed by atoms with Crippen LogP contribution in [-0.2, 0) is 26.2 Å². The summed E-state index contributed by atoms with van der Waals surface area (Å²) in [4.78, 5) is 64.3. The summed E-state index contributed by atoms with van der Waals surface area (Å²) in [6.07, 6.45) is 5.44. The number of furan rings is 4. The van der Waals surface area contributed by atoms with Crippen LogP contribution in [0, 0.1) is 0 Å². The molecule has 4 N–H and O–H groups in total. The van der Waals surface area contributed by atoms with Gasteiger partial charge in [-0.2, -0.15) is 0 Å². The molecule has 4 aromatic heterocycles. The number of urea groups is 3. The Kier molecular flexibility index (Phi) is 6.06. The molecule has 6 rings (SSSR count). The highest BCUT2D eigenvalue weighted by Gasteiger charge is 2.35. The molecule has 204 valence electrons. The monoisotopic (exact) mass is 548 g/mol. The number of amides is 8. The fourth-order valence-corrected chi connectivity index (χ4v) is 4.31. The molecule has 0 atom stereocenters. The Bertz CT molecular complexity index is 1520. The maximum atomic E-state index is 12.6. The molecule has 0 bridgehead atoms. The number of anilines is 2. The van der Waals surface area contributed by atoms with Crippen molar-refractivity contribution < 1.29 is 41.6 Å². The van der Waals surface area contributed by atoms with E-state index in [1.54, 1.807) is 0 Å². The van der Waals surface area contributed by atoms with Crippen molar-refractivity contribution in [3.05, 3.63) is 83.5 Å². The quantitative estimate of drug-likeness (QED) is 0.279. The predicted molar refractivity (Wildman–Crippen MR) is 132 cm³/mol. The third-order valence-electron chi connectivity index (χ3n) is 6.32. The summed E-state index contributed by atoms with van der Waals surface area (Å²) >= 11 is 0. The van der Waals surface area contributed by atoms with Crippen LogP contribution in [0.4, 0.5) is 25.8 Å². The molecule has 2 aliphatic heterocycles. The fraction of sp³-hybridized carbons (Fsp3) is 0.160. The molecular weight excluding hydrogens is 528 g/mol. The third-order valence-corrected chi connectivity index (χ3v) is 6.32. The number of fused-ring (bicyclic) bond motifs is 2. The molecule has 15 heteroatoms. The van der Waals surface area contributed by atoms with Crippen molar-refractivity contribution in [1.29, 1.82) is 0 Å². The second-order valence-corrected chi connectivity index (χ2v) is 8.71. The Balaban J connectivity index is 1.00. The highest BCUT2D eigenvalue weighted by atomic mass is 16.3. The van der Waals surface area contributed by atoms with Gasteiger partial charge >= 0.3 is 18.1 Å². The molecule has 0 aromatic carbocycles. The molecule has 0 saturated carbocycles. The van der Waals surface area contributed by atoms with Gasteiger partial charge in [-0.1, -0.05) is 0 Å². The van der Waals surface area contributed by atoms with E-state index in [1.807, 2.05) is 0 Å². The third kappa shape index (κ3) is 4.44. The van der Waals surface area contributed by atoms with Gasteiger partial charge in [0, 0.05) is 12.1 Å². The zero-order chi connectivity index (χ0) is 27.8. The lowest BCUT2D eigenvalue weighted by Crippen LogP contribution is -2.39. The highest BCUT2D eigenvalue weighted by molar-refractivity contribution is 6.08. The van der Waals surface area contributed by atoms with Crippen molar-refractivity contribution >= 4 is 41.3 Å². The molecule has 8 amide bonds. The average Bonchev–Trinajstić information content (AvgIpc) is 3.76. The van der Waals surface area contributed by atoms with E-state index >= 15 is 0 Å². The zero-order valence-corrected chi connectivity index (χ0v) is 20.5. The summed E-state index contributed by atoms with van der Waals surface area (Å²) in [5.41, 5.74) is 1.23. The van der Waals surface area contributed by atoms with Crippen LogP contribution in [0.3, 0.4) is 0 Å². The van der Waals surface area contributed by atoms with Crippen LogP contribution in [0.2, 0.25) is 0 Å². The minimum Gasteiger partial charge on any atom is -0.467 e. The van der Waals surface area contributed by atoms with E-state index in [0.717, 1.165) is 9.80 Å². The number of hydrogen-bond acceptors (Lipinski definition) is 9. The number of imide groups is 2. The lowest BCUT2D eigenvalue weighted by atomic mass is 10.3. The molecule has 0 spiro atoms. The lowest BCUT2D eigenvalue weighted by molar-refractivity contribution is 0.0806. The molecule has 4 aromatic rings. The first kappa shape index (κ1) is 24.6. The first-order valence-corrected chi connectivity index (χ1v) is 11.9. The van der Waals surface area contributed by atoms with Crippen LogP contribution in [0.15, 0.2) is 67.0 Å². The van der Waals surface area contributed by atoms with Gasteiger partial charge in [-0.05, 0) is 12.1 Å². The van der Waals surface area contributed by atoms with Gasteiger partial charge in [0.2, 0.25) is 0 Å². The Hall–Kier alpha value is -5.73. The second kappa shape index (κ2) is 9.86. The summed E-state index contributed by atoms with van der Waals surface area (Å²) in [6, 6.07) is 4.04. The number of nitrogens with one attached hydrogen (secondary N) is 4. The van der Waals surface area contributed by atoms with Crippen LogP contribution in [0.25, 0.3) is 0 Å². The summed E-state index contributed by atoms with van der Waals surface area (Å²) in [5.74, 6) is 0.356. The summed E-state index contributed by atoms with van der Waals surface area (Å²) in [5, 5.41) is 10.4. The van der Waals surface area contributed by atoms with Crippen molar-refractivity contribution in [2.45, 2.75) is 26.2 Å². The SMILES string of the molecule is O=C(Nc1ccoc1CNC(=O)N1Cc2occc2C1=O)Nc1ccoc1CNC(=O)N1Cc2occc2C1=O. The first-order valence-electron chi connectivity index (χ1n) is 11.9. The van der Waals surface area contributed by atoms with Gasteiger partial charge < -0.3 is 38.9 Å². The van der Waals surface area contributed by atoms with Gasteiger partial charge in [0.15, 0.2) is 0 Å². The van der Waals surface area contributed by atoms with Gasteiger partial charge in [-0.3, -0.25) is 19.4 Å². The van der Waals surface area contributed by atoms with E-state index in [2.05, 4.69) is 21.3 Å². The molecule has 0 aliphatic carbocycles. The molecule has 2 aliphatic rings. The Morgan fingerprint density at radius 3 is 1.50 bits per heavy atom. The normalized spacial score (nSPS) is 13.8. The number of nitrogens with zero attached hydrogens (tertiary/aromatic N) is 2. The fourth-order valence-electron chi connectivity index (χ4n) is 4.31. The Morgan fingerprint density at radius 2 is 1.07 bits per heavy atom. The van der Waals surface area contributed by atoms with Gasteiger partial charge in [-0.25, -0.2) is 14.4 Å². The minimum atomic E-state index is -0.651. The Labute approximate surface area is 224 Å². The van der Waals surface area contributed by atoms with Crippen LogP contribution in [0.1, 0.15) is 43.8 Å². The average molecular weight is 548 g/mol. The number of rotatable bonds is 6. The van der Waals surface area contributed by atoms with E-state index in [-0.39, 0.29) is 49.1 Å². The maximum absolute atomic E-state index is 12.6. The minimum absolute atomic E-state index is 0.0191. The topological polar surface area (TPSA) is 193 Å². The Morgan fingerprint density at radius 1 is 0.650 bits per heavy atom. The largest absolute Gasteiger partial charge is 0.467 e. The lowest BCUT2D eigenvalue weighted by Gasteiger charge is -2.15. The van der Waals surface area contributed by atoms with Gasteiger partial charge in [-0.15, -0.1) is 0 Å². The predicted octanol–water partition coefficient (Wildman–Crippen LogP) is 3.43. The summed E-state index contributed by atoms with van der Waals surface area (Å²) in [6.45, 7) is -0.176. The van der Waals surface area contributed by atoms with E-state index in [9.17, 15) is 24.0 Å². The van der Waals surface area contributed by atoms with E-state index in [1.165, 1.54) is 49.3 Å². The first-order chi connectivity index (χ1) is 19.4. The van der Waals surface area contributed by atoms with Gasteiger partial charge in [0.1, 0.15) is 23.0 Å². The van der Waals surface area contributed by atoms with Crippen LogP contribution < -0.4 is 21.3 Å². The molecule has 40 heavy (non-hydrogen) atoms. The van der Waals surface area contributed by atoms with Crippen molar-refractivity contribution in [1.82, 2.24) is 20.4 Å². The molecule has 0 unspecified atom stereocenters. The standard InChI is InChI=1S/C25H20N6O9/c32-21-13-1-5-39-19(13)11-30(21)24(35)26-9-17-15(3-7-37-17)28-23(34)29-16-4-8-38-18(16)10-27-25(36)31-12-20-14(22(31)33)2-6-40-20/h1-8H,9-12H2,(H,26,35)(H,27,36)(H2,28,29,34). The summed E-state index contributed by atoms with van der Waals surface area (Å²) < 4.78 is 21.1. The maximum Gasteiger partial charge on any atom is 0.325 e. The molecule has 0 radical (unpaired) electrons. The van der Waals surface area contributed by atoms with Crippen molar-refractivity contribution in [3.63, 3.8) is 0 Å². The highest BCUT2D eigenvalue weighted by Crippen LogP contribution is 2.25. The van der Waals surface area contributed by atoms with E-state index < -0.39 is 29.9 Å². The van der Waals surface area contributed by atoms with Crippen LogP contribution in [0.5, 0.6) is 0 Å². The molecule has 0 saturated heterocycles. The van der Waals surface area contributed by atoms with Crippen LogP contribution >= 0.6 is 0 Å². The van der Waals surface area contributed by atoms with Gasteiger partial charge in [0.25, 0.3) is 11.8 Å². The van der Waals surface area contributed by atoms with Crippen molar-refractivity contribution in [3.8, 4) is 0 Å². The number of carbonyl (C=O) groups is 5. The van der Waals surface area contributed by atoms with Crippen molar-refractivity contribution in [2.75, 3.05) is 10.6 Å². The van der Waals surface area contributed by atoms with Crippen molar-refractivity contribution in [2.24, 2.45) is 0 Å². The summed E-state index contributed by atoms with van der Waals surface area (Å²) in [7, 11) is 0. The van der Waals surface area contributed by atoms with Crippen LogP contribution in [-0.4, -0.2) is 39.7 Å². The van der Waals surface area contributed by atoms with E-state index in [0.29, 0.717) is 22.6 Å². The van der Waals surface area contributed by atoms with Gasteiger partial charge in [0.05, 0.1) is 73.7 Å². The van der Waals surface area contributed by atoms with E-state index in [4.69, 9.17) is 17.7 Å². The number of carbonyl (C=O) groups excluding carboxylic acids is 5.